The molecule has 0 aromatic heterocycles. The maximum Gasteiger partial charge on any atom is 0.236 e. The van der Waals surface area contributed by atoms with Crippen LogP contribution in [-0.2, 0) is 14.5 Å². The number of carbonyl (C=O) groups is 1. The second kappa shape index (κ2) is 4.78. The third-order valence-electron chi connectivity index (χ3n) is 2.71. The van der Waals surface area contributed by atoms with Crippen molar-refractivity contribution in [1.29, 1.82) is 4.78 Å². The maximum absolute atomic E-state index is 12.2. The Hall–Kier alpha value is -0.880. The van der Waals surface area contributed by atoms with Crippen LogP contribution in [0.4, 0.5) is 0 Å². The summed E-state index contributed by atoms with van der Waals surface area (Å²) in [6, 6.07) is 6.79. The van der Waals surface area contributed by atoms with Gasteiger partial charge in [-0.3, -0.25) is 4.79 Å². The highest BCUT2D eigenvalue weighted by molar-refractivity contribution is 9.10. The van der Waals surface area contributed by atoms with Crippen molar-refractivity contribution in [2.45, 2.75) is 11.3 Å². The number of nitrogens with one attached hydrogen (secondary N) is 1. The van der Waals surface area contributed by atoms with E-state index in [1.54, 1.807) is 29.2 Å². The first-order valence-corrected chi connectivity index (χ1v) is 7.81. The Bertz CT molecular complexity index is 538. The van der Waals surface area contributed by atoms with E-state index in [0.29, 0.717) is 4.90 Å². The van der Waals surface area contributed by atoms with E-state index < -0.39 is 9.73 Å². The van der Waals surface area contributed by atoms with Gasteiger partial charge in [-0.05, 0) is 24.6 Å². The summed E-state index contributed by atoms with van der Waals surface area (Å²) in [6.07, 6.45) is 1.00. The Morgan fingerprint density at radius 3 is 2.71 bits per heavy atom. The molecule has 1 heterocycles. The third-order valence-corrected chi connectivity index (χ3v) is 4.87. The zero-order valence-corrected chi connectivity index (χ0v) is 11.6. The van der Waals surface area contributed by atoms with Gasteiger partial charge >= 0.3 is 0 Å². The molecule has 1 aliphatic rings. The molecule has 2 rings (SSSR count). The number of carbonyl (C=O) groups excluding carboxylic acids is 1. The molecule has 1 unspecified atom stereocenters. The number of rotatable bonds is 3. The molecular formula is C11H13BrN2O2S. The van der Waals surface area contributed by atoms with Crippen LogP contribution in [0.5, 0.6) is 0 Å². The largest absolute Gasteiger partial charge is 0.342 e. The van der Waals surface area contributed by atoms with E-state index in [0.717, 1.165) is 24.0 Å². The standard InChI is InChI=1S/C11H13BrN2O2S/c12-9-3-1-4-10(7-9)17(13,16)8-11(15)14-5-2-6-14/h1,3-4,7,13H,2,5-6,8H2. The van der Waals surface area contributed by atoms with Gasteiger partial charge in [0, 0.05) is 22.5 Å². The Morgan fingerprint density at radius 1 is 1.47 bits per heavy atom. The maximum atomic E-state index is 12.2. The van der Waals surface area contributed by atoms with Gasteiger partial charge in [-0.25, -0.2) is 8.99 Å². The van der Waals surface area contributed by atoms with Gasteiger partial charge in [0.05, 0.1) is 9.73 Å². The lowest BCUT2D eigenvalue weighted by Crippen LogP contribution is -2.44. The Morgan fingerprint density at radius 2 is 2.18 bits per heavy atom. The normalized spacial score (nSPS) is 18.3. The number of hydrogen-bond donors (Lipinski definition) is 1. The van der Waals surface area contributed by atoms with E-state index in [1.807, 2.05) is 0 Å². The quantitative estimate of drug-likeness (QED) is 0.928. The molecule has 0 aliphatic carbocycles. The third kappa shape index (κ3) is 2.87. The summed E-state index contributed by atoms with van der Waals surface area (Å²) in [6.45, 7) is 1.46. The van der Waals surface area contributed by atoms with E-state index in [-0.39, 0.29) is 11.7 Å². The average Bonchev–Trinajstić information content (AvgIpc) is 2.13. The molecule has 1 amide bonds. The van der Waals surface area contributed by atoms with Crippen molar-refractivity contribution in [3.05, 3.63) is 28.7 Å². The van der Waals surface area contributed by atoms with Gasteiger partial charge in [0.15, 0.2) is 0 Å². The van der Waals surface area contributed by atoms with Crippen LogP contribution in [0.3, 0.4) is 0 Å². The number of nitrogens with zero attached hydrogens (tertiary/aromatic N) is 1. The first-order chi connectivity index (χ1) is 7.99. The lowest BCUT2D eigenvalue weighted by molar-refractivity contribution is -0.131. The van der Waals surface area contributed by atoms with Crippen molar-refractivity contribution in [3.8, 4) is 0 Å². The van der Waals surface area contributed by atoms with E-state index in [2.05, 4.69) is 15.9 Å². The molecule has 0 spiro atoms. The molecule has 0 bridgehead atoms. The van der Waals surface area contributed by atoms with Gasteiger partial charge in [0.1, 0.15) is 5.75 Å². The van der Waals surface area contributed by atoms with Gasteiger partial charge in [0.25, 0.3) is 0 Å². The number of amides is 1. The molecule has 1 aromatic carbocycles. The van der Waals surface area contributed by atoms with Crippen LogP contribution in [0.1, 0.15) is 6.42 Å². The fraction of sp³-hybridized carbons (Fsp3) is 0.364. The molecule has 92 valence electrons. The molecular weight excluding hydrogens is 304 g/mol. The highest BCUT2D eigenvalue weighted by atomic mass is 79.9. The molecule has 1 N–H and O–H groups in total. The van der Waals surface area contributed by atoms with Crippen molar-refractivity contribution in [1.82, 2.24) is 4.90 Å². The summed E-state index contributed by atoms with van der Waals surface area (Å²) < 4.78 is 20.8. The minimum atomic E-state index is -3.02. The van der Waals surface area contributed by atoms with E-state index in [1.165, 1.54) is 0 Å². The minimum Gasteiger partial charge on any atom is -0.342 e. The fourth-order valence-corrected chi connectivity index (χ4v) is 3.45. The molecule has 0 radical (unpaired) electrons. The predicted octanol–water partition coefficient (Wildman–Crippen LogP) is 2.09. The van der Waals surface area contributed by atoms with Crippen LogP contribution in [-0.4, -0.2) is 33.9 Å². The second-order valence-electron chi connectivity index (χ2n) is 4.01. The van der Waals surface area contributed by atoms with Crippen LogP contribution >= 0.6 is 15.9 Å². The smallest absolute Gasteiger partial charge is 0.236 e. The zero-order chi connectivity index (χ0) is 12.5. The van der Waals surface area contributed by atoms with Crippen molar-refractivity contribution >= 4 is 31.6 Å². The molecule has 1 fully saturated rings. The minimum absolute atomic E-state index is 0.184. The van der Waals surface area contributed by atoms with Gasteiger partial charge in [0.2, 0.25) is 5.91 Å². The molecule has 1 aliphatic heterocycles. The number of hydrogen-bond acceptors (Lipinski definition) is 3. The van der Waals surface area contributed by atoms with Crippen LogP contribution in [0.15, 0.2) is 33.6 Å². The van der Waals surface area contributed by atoms with Crippen LogP contribution in [0.2, 0.25) is 0 Å². The van der Waals surface area contributed by atoms with Crippen LogP contribution in [0, 0.1) is 4.78 Å². The van der Waals surface area contributed by atoms with Gasteiger partial charge in [-0.15, -0.1) is 0 Å². The monoisotopic (exact) mass is 316 g/mol. The summed E-state index contributed by atoms with van der Waals surface area (Å²) in [4.78, 5) is 13.8. The lowest BCUT2D eigenvalue weighted by Gasteiger charge is -2.31. The Kier molecular flexibility index (Phi) is 3.53. The molecule has 1 atom stereocenters. The van der Waals surface area contributed by atoms with Crippen molar-refractivity contribution < 1.29 is 9.00 Å². The van der Waals surface area contributed by atoms with Crippen molar-refractivity contribution in [2.75, 3.05) is 18.8 Å². The highest BCUT2D eigenvalue weighted by Crippen LogP contribution is 2.19. The first kappa shape index (κ1) is 12.6. The van der Waals surface area contributed by atoms with E-state index in [4.69, 9.17) is 4.78 Å². The zero-order valence-electron chi connectivity index (χ0n) is 9.19. The summed E-state index contributed by atoms with van der Waals surface area (Å²) in [5.41, 5.74) is 0. The summed E-state index contributed by atoms with van der Waals surface area (Å²) in [5.74, 6) is -0.403. The molecule has 6 heteroatoms. The van der Waals surface area contributed by atoms with Gasteiger partial charge in [-0.1, -0.05) is 22.0 Å². The average molecular weight is 317 g/mol. The Balaban J connectivity index is 2.16. The molecule has 1 aromatic rings. The SMILES string of the molecule is N=S(=O)(CC(=O)N1CCC1)c1cccc(Br)c1. The fourth-order valence-electron chi connectivity index (χ4n) is 1.59. The summed E-state index contributed by atoms with van der Waals surface area (Å²) >= 11 is 3.27. The van der Waals surface area contributed by atoms with Gasteiger partial charge in [-0.2, -0.15) is 0 Å². The molecule has 1 saturated heterocycles. The molecule has 4 nitrogen and oxygen atoms in total. The second-order valence-corrected chi connectivity index (χ2v) is 7.04. The Labute approximate surface area is 109 Å². The molecule has 17 heavy (non-hydrogen) atoms. The van der Waals surface area contributed by atoms with Crippen LogP contribution in [0.25, 0.3) is 0 Å². The van der Waals surface area contributed by atoms with Crippen molar-refractivity contribution in [3.63, 3.8) is 0 Å². The number of likely N-dealkylation sites (tertiary alicyclic amines) is 1. The number of halogens is 1. The number of benzene rings is 1. The van der Waals surface area contributed by atoms with Gasteiger partial charge < -0.3 is 4.90 Å². The first-order valence-electron chi connectivity index (χ1n) is 5.29. The lowest BCUT2D eigenvalue weighted by atomic mass is 10.2. The summed E-state index contributed by atoms with van der Waals surface area (Å²) in [7, 11) is -3.02. The van der Waals surface area contributed by atoms with Crippen LogP contribution < -0.4 is 0 Å². The predicted molar refractivity (Wildman–Crippen MR) is 69.3 cm³/mol. The van der Waals surface area contributed by atoms with Crippen molar-refractivity contribution in [2.24, 2.45) is 0 Å². The topological polar surface area (TPSA) is 61.2 Å². The summed E-state index contributed by atoms with van der Waals surface area (Å²) in [5, 5.41) is 0. The molecule has 0 saturated carbocycles. The van der Waals surface area contributed by atoms with E-state index in [9.17, 15) is 9.00 Å². The van der Waals surface area contributed by atoms with E-state index >= 15 is 0 Å². The highest BCUT2D eigenvalue weighted by Gasteiger charge is 2.24.